The number of carbonyl (C=O) groups is 1. The van der Waals surface area contributed by atoms with Crippen molar-refractivity contribution >= 4 is 23.0 Å². The number of anilines is 1. The van der Waals surface area contributed by atoms with Crippen LogP contribution < -0.4 is 10.5 Å². The van der Waals surface area contributed by atoms with Crippen LogP contribution in [0.4, 0.5) is 5.69 Å². The summed E-state index contributed by atoms with van der Waals surface area (Å²) in [5.41, 5.74) is 12.4. The quantitative estimate of drug-likeness (QED) is 0.515. The molecule has 0 fully saturated rings. The molecule has 0 radical (unpaired) electrons. The van der Waals surface area contributed by atoms with Gasteiger partial charge >= 0.3 is 5.97 Å². The van der Waals surface area contributed by atoms with E-state index in [1.54, 1.807) is 11.3 Å². The van der Waals surface area contributed by atoms with Crippen molar-refractivity contribution in [3.8, 4) is 16.3 Å². The smallest absolute Gasteiger partial charge is 0.303 e. The molecule has 1 aliphatic carbocycles. The molecule has 1 heterocycles. The molecule has 3 aromatic rings. The number of aryl methyl sites for hydroxylation is 3. The van der Waals surface area contributed by atoms with Gasteiger partial charge < -0.3 is 15.6 Å². The van der Waals surface area contributed by atoms with Crippen molar-refractivity contribution in [1.29, 1.82) is 0 Å². The van der Waals surface area contributed by atoms with Gasteiger partial charge in [0.15, 0.2) is 0 Å². The molecule has 4 rings (SSSR count). The lowest BCUT2D eigenvalue weighted by Crippen LogP contribution is -2.04. The summed E-state index contributed by atoms with van der Waals surface area (Å²) in [5.74, 6) is 0.224. The maximum absolute atomic E-state index is 11.0. The maximum atomic E-state index is 11.0. The molecule has 0 spiro atoms. The van der Waals surface area contributed by atoms with Crippen molar-refractivity contribution in [3.63, 3.8) is 0 Å². The fraction of sp³-hybridized carbons (Fsp3) is 0.333. The number of nitrogens with zero attached hydrogens (tertiary/aromatic N) is 1. The van der Waals surface area contributed by atoms with Crippen molar-refractivity contribution in [3.05, 3.63) is 63.7 Å². The number of thiazole rings is 1. The van der Waals surface area contributed by atoms with Crippen LogP contribution in [0.25, 0.3) is 10.6 Å². The van der Waals surface area contributed by atoms with Crippen LogP contribution >= 0.6 is 11.3 Å². The first-order valence-electron chi connectivity index (χ1n) is 10.2. The molecule has 0 aliphatic heterocycles. The van der Waals surface area contributed by atoms with Crippen molar-refractivity contribution in [2.24, 2.45) is 0 Å². The van der Waals surface area contributed by atoms with Gasteiger partial charge in [-0.3, -0.25) is 4.79 Å². The summed E-state index contributed by atoms with van der Waals surface area (Å²) in [6, 6.07) is 12.1. The summed E-state index contributed by atoms with van der Waals surface area (Å²) in [5, 5.41) is 10.0. The van der Waals surface area contributed by atoms with Crippen LogP contribution in [-0.4, -0.2) is 22.7 Å². The van der Waals surface area contributed by atoms with Crippen LogP contribution in [0.5, 0.6) is 5.75 Å². The minimum atomic E-state index is -0.737. The predicted octanol–water partition coefficient (Wildman–Crippen LogP) is 5.14. The highest BCUT2D eigenvalue weighted by atomic mass is 32.1. The van der Waals surface area contributed by atoms with E-state index >= 15 is 0 Å². The molecule has 0 bridgehead atoms. The number of hydrogen-bond acceptors (Lipinski definition) is 5. The zero-order valence-corrected chi connectivity index (χ0v) is 18.1. The molecule has 3 N–H and O–H groups in total. The van der Waals surface area contributed by atoms with Gasteiger partial charge in [0.25, 0.3) is 0 Å². The molecule has 1 unspecified atom stereocenters. The highest BCUT2D eigenvalue weighted by Crippen LogP contribution is 2.37. The number of fused-ring (bicyclic) bond motifs is 1. The highest BCUT2D eigenvalue weighted by Gasteiger charge is 2.24. The summed E-state index contributed by atoms with van der Waals surface area (Å²) in [7, 11) is 0. The van der Waals surface area contributed by atoms with Crippen molar-refractivity contribution in [2.75, 3.05) is 12.3 Å². The fourth-order valence-electron chi connectivity index (χ4n) is 4.02. The second-order valence-corrected chi connectivity index (χ2v) is 9.09. The Bertz CT molecular complexity index is 1090. The number of nitrogens with two attached hydrogens (primary N) is 1. The zero-order chi connectivity index (χ0) is 21.3. The summed E-state index contributed by atoms with van der Waals surface area (Å²) in [4.78, 5) is 17.0. The lowest BCUT2D eigenvalue weighted by molar-refractivity contribution is -0.137. The second-order valence-electron chi connectivity index (χ2n) is 7.89. The van der Waals surface area contributed by atoms with E-state index in [2.05, 4.69) is 19.1 Å². The van der Waals surface area contributed by atoms with Gasteiger partial charge in [-0.25, -0.2) is 4.98 Å². The number of aromatic nitrogens is 1. The standard InChI is InChI=1S/C24H26N2O3S/c1-14-3-4-18(12-21(14)25)24-26-22(15(2)30-24)9-10-29-19-7-8-20-16(11-19)5-6-17(20)13-23(27)28/h3-4,7-8,11-12,17H,5-6,9-10,13,25H2,1-2H3,(H,27,28). The number of nitrogen functional groups attached to an aromatic ring is 1. The normalized spacial score (nSPS) is 15.2. The predicted molar refractivity (Wildman–Crippen MR) is 120 cm³/mol. The second kappa shape index (κ2) is 8.48. The van der Waals surface area contributed by atoms with E-state index in [0.717, 1.165) is 58.1 Å². The molecule has 156 valence electrons. The van der Waals surface area contributed by atoms with Crippen LogP contribution in [0.15, 0.2) is 36.4 Å². The molecular weight excluding hydrogens is 396 g/mol. The fourth-order valence-corrected chi connectivity index (χ4v) is 4.97. The Kier molecular flexibility index (Phi) is 5.77. The van der Waals surface area contributed by atoms with Gasteiger partial charge in [-0.2, -0.15) is 0 Å². The number of aliphatic carboxylic acids is 1. The van der Waals surface area contributed by atoms with Crippen LogP contribution in [0.2, 0.25) is 0 Å². The Morgan fingerprint density at radius 2 is 2.10 bits per heavy atom. The van der Waals surface area contributed by atoms with Crippen LogP contribution in [0, 0.1) is 13.8 Å². The van der Waals surface area contributed by atoms with Crippen LogP contribution in [0.1, 0.15) is 46.0 Å². The lowest BCUT2D eigenvalue weighted by Gasteiger charge is -2.10. The minimum Gasteiger partial charge on any atom is -0.493 e. The Balaban J connectivity index is 1.39. The van der Waals surface area contributed by atoms with Gasteiger partial charge in [0.1, 0.15) is 10.8 Å². The van der Waals surface area contributed by atoms with E-state index in [-0.39, 0.29) is 12.3 Å². The van der Waals surface area contributed by atoms with Gasteiger partial charge in [0, 0.05) is 22.5 Å². The molecule has 2 aromatic carbocycles. The van der Waals surface area contributed by atoms with Gasteiger partial charge in [-0.15, -0.1) is 11.3 Å². The molecule has 1 atom stereocenters. The van der Waals surface area contributed by atoms with E-state index < -0.39 is 5.97 Å². The molecule has 0 amide bonds. The average molecular weight is 423 g/mol. The topological polar surface area (TPSA) is 85.4 Å². The third kappa shape index (κ3) is 4.33. The van der Waals surface area contributed by atoms with Crippen molar-refractivity contribution in [1.82, 2.24) is 4.98 Å². The van der Waals surface area contributed by atoms with Gasteiger partial charge in [-0.05, 0) is 67.5 Å². The lowest BCUT2D eigenvalue weighted by atomic mass is 9.98. The summed E-state index contributed by atoms with van der Waals surface area (Å²) in [6.07, 6.45) is 2.75. The van der Waals surface area contributed by atoms with E-state index in [4.69, 9.17) is 20.6 Å². The first-order chi connectivity index (χ1) is 14.4. The summed E-state index contributed by atoms with van der Waals surface area (Å²) >= 11 is 1.68. The zero-order valence-electron chi connectivity index (χ0n) is 17.3. The number of rotatable bonds is 7. The third-order valence-electron chi connectivity index (χ3n) is 5.76. The summed E-state index contributed by atoms with van der Waals surface area (Å²) in [6.45, 7) is 4.64. The monoisotopic (exact) mass is 422 g/mol. The van der Waals surface area contributed by atoms with Crippen molar-refractivity contribution < 1.29 is 14.6 Å². The van der Waals surface area contributed by atoms with Gasteiger partial charge in [-0.1, -0.05) is 18.2 Å². The highest BCUT2D eigenvalue weighted by molar-refractivity contribution is 7.15. The summed E-state index contributed by atoms with van der Waals surface area (Å²) < 4.78 is 5.98. The molecular formula is C24H26N2O3S. The Morgan fingerprint density at radius 1 is 1.27 bits per heavy atom. The maximum Gasteiger partial charge on any atom is 0.303 e. The number of carboxylic acid groups (broad SMARTS) is 1. The molecule has 0 saturated heterocycles. The number of ether oxygens (including phenoxy) is 1. The van der Waals surface area contributed by atoms with Crippen molar-refractivity contribution in [2.45, 2.75) is 45.4 Å². The molecule has 0 saturated carbocycles. The van der Waals surface area contributed by atoms with Crippen LogP contribution in [-0.2, 0) is 17.6 Å². The van der Waals surface area contributed by atoms with E-state index in [0.29, 0.717) is 6.61 Å². The third-order valence-corrected chi connectivity index (χ3v) is 6.83. The van der Waals surface area contributed by atoms with Gasteiger partial charge in [0.2, 0.25) is 0 Å². The molecule has 5 nitrogen and oxygen atoms in total. The Labute approximate surface area is 180 Å². The molecule has 1 aliphatic rings. The minimum absolute atomic E-state index is 0.124. The first-order valence-corrected chi connectivity index (χ1v) is 11.0. The first kappa shape index (κ1) is 20.4. The molecule has 6 heteroatoms. The number of hydrogen-bond donors (Lipinski definition) is 2. The molecule has 30 heavy (non-hydrogen) atoms. The number of benzene rings is 2. The van der Waals surface area contributed by atoms with E-state index in [1.807, 2.05) is 31.2 Å². The largest absolute Gasteiger partial charge is 0.493 e. The Morgan fingerprint density at radius 3 is 2.87 bits per heavy atom. The Hall–Kier alpha value is -2.86. The van der Waals surface area contributed by atoms with Gasteiger partial charge in [0.05, 0.1) is 18.7 Å². The molecule has 1 aromatic heterocycles. The SMILES string of the molecule is Cc1ccc(-c2nc(CCOc3ccc4c(c3)CCC4CC(=O)O)c(C)s2)cc1N. The average Bonchev–Trinajstić information content (AvgIpc) is 3.27. The van der Waals surface area contributed by atoms with Crippen LogP contribution in [0.3, 0.4) is 0 Å². The van der Waals surface area contributed by atoms with E-state index in [1.165, 1.54) is 10.4 Å². The number of carboxylic acids is 1. The van der Waals surface area contributed by atoms with E-state index in [9.17, 15) is 4.79 Å².